The van der Waals surface area contributed by atoms with Crippen LogP contribution in [0.15, 0.2) is 24.3 Å². The number of nitrogens with zero attached hydrogens (tertiary/aromatic N) is 1. The quantitative estimate of drug-likeness (QED) is 0.781. The van der Waals surface area contributed by atoms with Gasteiger partial charge in [-0.2, -0.15) is 0 Å². The first kappa shape index (κ1) is 14.4. The Hall–Kier alpha value is -1.06. The second kappa shape index (κ2) is 7.51. The third-order valence-electron chi connectivity index (χ3n) is 3.89. The van der Waals surface area contributed by atoms with Gasteiger partial charge in [-0.3, -0.25) is 0 Å². The van der Waals surface area contributed by atoms with Crippen molar-refractivity contribution in [2.75, 3.05) is 33.3 Å². The zero-order valence-corrected chi connectivity index (χ0v) is 12.0. The van der Waals surface area contributed by atoms with E-state index in [4.69, 9.17) is 10.5 Å². The fourth-order valence-corrected chi connectivity index (χ4v) is 2.45. The van der Waals surface area contributed by atoms with Gasteiger partial charge in [0.15, 0.2) is 0 Å². The van der Waals surface area contributed by atoms with E-state index >= 15 is 0 Å². The molecule has 1 aromatic rings. The van der Waals surface area contributed by atoms with Crippen LogP contribution in [0, 0.1) is 5.92 Å². The molecule has 0 bridgehead atoms. The summed E-state index contributed by atoms with van der Waals surface area (Å²) in [4.78, 5) is 2.38. The minimum atomic E-state index is 0.701. The summed E-state index contributed by atoms with van der Waals surface area (Å²) < 4.78 is 5.77. The highest BCUT2D eigenvalue weighted by atomic mass is 16.5. The Morgan fingerprint density at radius 2 is 2.00 bits per heavy atom. The summed E-state index contributed by atoms with van der Waals surface area (Å²) in [6.45, 7) is 3.69. The lowest BCUT2D eigenvalue weighted by Crippen LogP contribution is -2.32. The van der Waals surface area contributed by atoms with E-state index in [2.05, 4.69) is 24.1 Å². The van der Waals surface area contributed by atoms with Crippen LogP contribution in [0.1, 0.15) is 24.8 Å². The average Bonchev–Trinajstić information content (AvgIpc) is 2.36. The van der Waals surface area contributed by atoms with Gasteiger partial charge in [-0.25, -0.2) is 0 Å². The summed E-state index contributed by atoms with van der Waals surface area (Å²) in [5, 5.41) is 0. The fourth-order valence-electron chi connectivity index (χ4n) is 2.45. The van der Waals surface area contributed by atoms with Crippen molar-refractivity contribution < 1.29 is 4.74 Å². The number of likely N-dealkylation sites (N-methyl/N-ethyl adjacent to an activating group) is 1. The first-order valence-corrected chi connectivity index (χ1v) is 7.38. The Labute approximate surface area is 116 Å². The molecular weight excluding hydrogens is 236 g/mol. The van der Waals surface area contributed by atoms with Crippen molar-refractivity contribution in [1.29, 1.82) is 0 Å². The van der Waals surface area contributed by atoms with E-state index in [1.165, 1.54) is 31.4 Å². The molecule has 1 aromatic carbocycles. The number of hydrogen-bond acceptors (Lipinski definition) is 3. The lowest BCUT2D eigenvalue weighted by atomic mass is 9.85. The molecule has 0 amide bonds. The Kier molecular flexibility index (Phi) is 5.67. The van der Waals surface area contributed by atoms with Crippen molar-refractivity contribution in [2.45, 2.75) is 25.7 Å². The largest absolute Gasteiger partial charge is 0.492 e. The number of rotatable bonds is 8. The fraction of sp³-hybridized carbons (Fsp3) is 0.625. The van der Waals surface area contributed by atoms with Crippen molar-refractivity contribution in [3.63, 3.8) is 0 Å². The van der Waals surface area contributed by atoms with Crippen LogP contribution >= 0.6 is 0 Å². The van der Waals surface area contributed by atoms with Gasteiger partial charge >= 0.3 is 0 Å². The van der Waals surface area contributed by atoms with E-state index < -0.39 is 0 Å². The lowest BCUT2D eigenvalue weighted by molar-refractivity contribution is 0.177. The van der Waals surface area contributed by atoms with Crippen LogP contribution in [0.2, 0.25) is 0 Å². The lowest BCUT2D eigenvalue weighted by Gasteiger charge is -2.30. The Balaban J connectivity index is 1.63. The van der Waals surface area contributed by atoms with E-state index in [0.29, 0.717) is 6.54 Å². The van der Waals surface area contributed by atoms with Crippen molar-refractivity contribution >= 4 is 0 Å². The monoisotopic (exact) mass is 262 g/mol. The Bertz CT molecular complexity index is 360. The minimum absolute atomic E-state index is 0.701. The molecule has 1 fully saturated rings. The highest BCUT2D eigenvalue weighted by Gasteiger charge is 2.18. The first-order chi connectivity index (χ1) is 9.28. The SMILES string of the molecule is CN(CCOc1ccc(CCN)cc1)CC1CCC1. The summed E-state index contributed by atoms with van der Waals surface area (Å²) in [7, 11) is 2.19. The molecule has 0 spiro atoms. The van der Waals surface area contributed by atoms with Crippen molar-refractivity contribution in [3.8, 4) is 5.75 Å². The number of hydrogen-bond donors (Lipinski definition) is 1. The summed E-state index contributed by atoms with van der Waals surface area (Å²) >= 11 is 0. The van der Waals surface area contributed by atoms with Crippen molar-refractivity contribution in [1.82, 2.24) is 4.90 Å². The van der Waals surface area contributed by atoms with Gasteiger partial charge in [-0.05, 0) is 56.5 Å². The summed E-state index contributed by atoms with van der Waals surface area (Å²) in [5.74, 6) is 1.89. The van der Waals surface area contributed by atoms with E-state index in [0.717, 1.165) is 31.2 Å². The third kappa shape index (κ3) is 4.84. The standard InChI is InChI=1S/C16H26N2O/c1-18(13-15-3-2-4-15)11-12-19-16-7-5-14(6-8-16)9-10-17/h5-8,15H,2-4,9-13,17H2,1H3. The molecule has 2 rings (SSSR count). The van der Waals surface area contributed by atoms with E-state index in [1.807, 2.05) is 12.1 Å². The number of nitrogens with two attached hydrogens (primary N) is 1. The maximum Gasteiger partial charge on any atom is 0.119 e. The predicted molar refractivity (Wildman–Crippen MR) is 79.5 cm³/mol. The van der Waals surface area contributed by atoms with E-state index in [-0.39, 0.29) is 0 Å². The molecule has 1 saturated carbocycles. The second-order valence-corrected chi connectivity index (χ2v) is 5.59. The zero-order chi connectivity index (χ0) is 13.5. The molecule has 3 heteroatoms. The maximum absolute atomic E-state index is 5.77. The number of ether oxygens (including phenoxy) is 1. The topological polar surface area (TPSA) is 38.5 Å². The maximum atomic E-state index is 5.77. The Morgan fingerprint density at radius 1 is 1.26 bits per heavy atom. The molecule has 1 aliphatic carbocycles. The second-order valence-electron chi connectivity index (χ2n) is 5.59. The number of benzene rings is 1. The molecular formula is C16H26N2O. The molecule has 2 N–H and O–H groups in total. The van der Waals surface area contributed by atoms with Crippen LogP contribution in [0.5, 0.6) is 5.75 Å². The molecule has 3 nitrogen and oxygen atoms in total. The molecule has 1 aliphatic rings. The molecule has 0 saturated heterocycles. The third-order valence-corrected chi connectivity index (χ3v) is 3.89. The van der Waals surface area contributed by atoms with Crippen LogP contribution in [0.25, 0.3) is 0 Å². The van der Waals surface area contributed by atoms with E-state index in [9.17, 15) is 0 Å². The van der Waals surface area contributed by atoms with Gasteiger partial charge in [-0.15, -0.1) is 0 Å². The van der Waals surface area contributed by atoms with Crippen LogP contribution in [-0.2, 0) is 6.42 Å². The molecule has 0 radical (unpaired) electrons. The molecule has 0 atom stereocenters. The van der Waals surface area contributed by atoms with Gasteiger partial charge in [0.2, 0.25) is 0 Å². The first-order valence-electron chi connectivity index (χ1n) is 7.38. The van der Waals surface area contributed by atoms with Crippen LogP contribution < -0.4 is 10.5 Å². The summed E-state index contributed by atoms with van der Waals surface area (Å²) in [6, 6.07) is 8.27. The summed E-state index contributed by atoms with van der Waals surface area (Å²) in [5.41, 5.74) is 6.81. The van der Waals surface area contributed by atoms with Crippen molar-refractivity contribution in [3.05, 3.63) is 29.8 Å². The summed E-state index contributed by atoms with van der Waals surface area (Å²) in [6.07, 6.45) is 5.18. The zero-order valence-electron chi connectivity index (χ0n) is 12.0. The van der Waals surface area contributed by atoms with Crippen molar-refractivity contribution in [2.24, 2.45) is 11.7 Å². The van der Waals surface area contributed by atoms with Crippen LogP contribution in [0.4, 0.5) is 0 Å². The molecule has 0 unspecified atom stereocenters. The van der Waals surface area contributed by atoms with Gasteiger partial charge < -0.3 is 15.4 Å². The van der Waals surface area contributed by atoms with Gasteiger partial charge in [0.05, 0.1) is 0 Å². The predicted octanol–water partition coefficient (Wildman–Crippen LogP) is 2.30. The highest BCUT2D eigenvalue weighted by molar-refractivity contribution is 5.27. The normalized spacial score (nSPS) is 15.5. The minimum Gasteiger partial charge on any atom is -0.492 e. The van der Waals surface area contributed by atoms with Gasteiger partial charge in [0.1, 0.15) is 12.4 Å². The molecule has 0 aromatic heterocycles. The van der Waals surface area contributed by atoms with Gasteiger partial charge in [-0.1, -0.05) is 18.6 Å². The molecule has 106 valence electrons. The highest BCUT2D eigenvalue weighted by Crippen LogP contribution is 2.26. The van der Waals surface area contributed by atoms with Crippen LogP contribution in [0.3, 0.4) is 0 Å². The molecule has 0 aliphatic heterocycles. The van der Waals surface area contributed by atoms with Gasteiger partial charge in [0, 0.05) is 13.1 Å². The molecule has 0 heterocycles. The van der Waals surface area contributed by atoms with Gasteiger partial charge in [0.25, 0.3) is 0 Å². The average molecular weight is 262 g/mol. The van der Waals surface area contributed by atoms with E-state index in [1.54, 1.807) is 0 Å². The smallest absolute Gasteiger partial charge is 0.119 e. The molecule has 19 heavy (non-hydrogen) atoms. The Morgan fingerprint density at radius 3 is 2.58 bits per heavy atom. The van der Waals surface area contributed by atoms with Crippen LogP contribution in [-0.4, -0.2) is 38.2 Å².